The van der Waals surface area contributed by atoms with Gasteiger partial charge in [0.2, 0.25) is 11.8 Å². The van der Waals surface area contributed by atoms with Crippen molar-refractivity contribution in [2.45, 2.75) is 39.3 Å². The summed E-state index contributed by atoms with van der Waals surface area (Å²) in [5.74, 6) is -0.360. The van der Waals surface area contributed by atoms with E-state index in [-0.39, 0.29) is 36.4 Å². The van der Waals surface area contributed by atoms with Crippen LogP contribution in [0.25, 0.3) is 0 Å². The SMILES string of the molecule is CCCNC1COCC1C(=O)N(C)CC(=O)NC(C)C. The lowest BCUT2D eigenvalue weighted by atomic mass is 10.0. The lowest BCUT2D eigenvalue weighted by Gasteiger charge is -2.24. The van der Waals surface area contributed by atoms with Crippen LogP contribution in [0, 0.1) is 5.92 Å². The number of amides is 2. The van der Waals surface area contributed by atoms with Crippen molar-refractivity contribution in [1.29, 1.82) is 0 Å². The van der Waals surface area contributed by atoms with E-state index in [0.717, 1.165) is 13.0 Å². The zero-order valence-electron chi connectivity index (χ0n) is 12.9. The van der Waals surface area contributed by atoms with Gasteiger partial charge < -0.3 is 20.3 Å². The largest absolute Gasteiger partial charge is 0.379 e. The Hall–Kier alpha value is -1.14. The second-order valence-corrected chi connectivity index (χ2v) is 5.62. The van der Waals surface area contributed by atoms with E-state index in [0.29, 0.717) is 13.2 Å². The fraction of sp³-hybridized carbons (Fsp3) is 0.857. The van der Waals surface area contributed by atoms with E-state index in [9.17, 15) is 9.59 Å². The van der Waals surface area contributed by atoms with Gasteiger partial charge in [-0.15, -0.1) is 0 Å². The molecule has 1 aliphatic rings. The summed E-state index contributed by atoms with van der Waals surface area (Å²) >= 11 is 0. The molecule has 1 heterocycles. The van der Waals surface area contributed by atoms with Gasteiger partial charge in [0.05, 0.1) is 25.7 Å². The van der Waals surface area contributed by atoms with Crippen LogP contribution in [0.2, 0.25) is 0 Å². The van der Waals surface area contributed by atoms with E-state index in [1.165, 1.54) is 4.90 Å². The third-order valence-corrected chi connectivity index (χ3v) is 3.26. The highest BCUT2D eigenvalue weighted by Crippen LogP contribution is 2.16. The Kier molecular flexibility index (Phi) is 6.95. The third kappa shape index (κ3) is 5.09. The smallest absolute Gasteiger partial charge is 0.239 e. The second-order valence-electron chi connectivity index (χ2n) is 5.62. The van der Waals surface area contributed by atoms with Crippen LogP contribution in [0.3, 0.4) is 0 Å². The van der Waals surface area contributed by atoms with Gasteiger partial charge >= 0.3 is 0 Å². The molecule has 6 heteroatoms. The highest BCUT2D eigenvalue weighted by Gasteiger charge is 2.35. The van der Waals surface area contributed by atoms with E-state index < -0.39 is 0 Å². The first-order valence-electron chi connectivity index (χ1n) is 7.31. The van der Waals surface area contributed by atoms with Crippen LogP contribution in [-0.4, -0.2) is 62.1 Å². The molecule has 0 spiro atoms. The van der Waals surface area contributed by atoms with E-state index in [1.807, 2.05) is 13.8 Å². The van der Waals surface area contributed by atoms with Gasteiger partial charge in [-0.05, 0) is 26.8 Å². The second kappa shape index (κ2) is 8.21. The Morgan fingerprint density at radius 2 is 2.05 bits per heavy atom. The molecule has 0 aromatic heterocycles. The number of hydrogen-bond acceptors (Lipinski definition) is 4. The molecule has 1 saturated heterocycles. The molecule has 1 rings (SSSR count). The lowest BCUT2D eigenvalue weighted by Crippen LogP contribution is -2.47. The Balaban J connectivity index is 2.48. The van der Waals surface area contributed by atoms with Crippen molar-refractivity contribution in [3.8, 4) is 0 Å². The minimum absolute atomic E-state index is 0.0324. The molecule has 2 atom stereocenters. The number of carbonyl (C=O) groups excluding carboxylic acids is 2. The van der Waals surface area contributed by atoms with Crippen LogP contribution < -0.4 is 10.6 Å². The highest BCUT2D eigenvalue weighted by atomic mass is 16.5. The van der Waals surface area contributed by atoms with Gasteiger partial charge in [0, 0.05) is 19.1 Å². The van der Waals surface area contributed by atoms with Crippen LogP contribution in [-0.2, 0) is 14.3 Å². The van der Waals surface area contributed by atoms with Gasteiger partial charge in [-0.2, -0.15) is 0 Å². The maximum absolute atomic E-state index is 12.4. The van der Waals surface area contributed by atoms with Crippen LogP contribution in [0.4, 0.5) is 0 Å². The van der Waals surface area contributed by atoms with Crippen molar-refractivity contribution < 1.29 is 14.3 Å². The van der Waals surface area contributed by atoms with Crippen LogP contribution >= 0.6 is 0 Å². The third-order valence-electron chi connectivity index (χ3n) is 3.26. The molecule has 116 valence electrons. The molecule has 1 fully saturated rings. The first-order chi connectivity index (χ1) is 9.45. The van der Waals surface area contributed by atoms with E-state index in [4.69, 9.17) is 4.74 Å². The molecule has 0 aromatic rings. The number of nitrogens with one attached hydrogen (secondary N) is 2. The van der Waals surface area contributed by atoms with Crippen molar-refractivity contribution in [2.24, 2.45) is 5.92 Å². The summed E-state index contributed by atoms with van der Waals surface area (Å²) in [6.07, 6.45) is 1.02. The lowest BCUT2D eigenvalue weighted by molar-refractivity contribution is -0.138. The molecule has 0 bridgehead atoms. The Labute approximate surface area is 121 Å². The number of ether oxygens (including phenoxy) is 1. The van der Waals surface area contributed by atoms with Gasteiger partial charge in [0.25, 0.3) is 0 Å². The molecule has 6 nitrogen and oxygen atoms in total. The summed E-state index contributed by atoms with van der Waals surface area (Å²) in [6, 6.07) is 0.137. The Morgan fingerprint density at radius 1 is 1.35 bits per heavy atom. The quantitative estimate of drug-likeness (QED) is 0.690. The van der Waals surface area contributed by atoms with Crippen molar-refractivity contribution in [2.75, 3.05) is 33.4 Å². The first kappa shape index (κ1) is 16.9. The van der Waals surface area contributed by atoms with Gasteiger partial charge in [-0.3, -0.25) is 9.59 Å². The molecule has 0 radical (unpaired) electrons. The summed E-state index contributed by atoms with van der Waals surface area (Å²) in [5.41, 5.74) is 0. The van der Waals surface area contributed by atoms with Crippen molar-refractivity contribution in [1.82, 2.24) is 15.5 Å². The molecule has 2 amide bonds. The minimum Gasteiger partial charge on any atom is -0.379 e. The predicted molar refractivity (Wildman–Crippen MR) is 77.3 cm³/mol. The van der Waals surface area contributed by atoms with Gasteiger partial charge in [0.15, 0.2) is 0 Å². The topological polar surface area (TPSA) is 70.7 Å². The Morgan fingerprint density at radius 3 is 2.65 bits per heavy atom. The Bertz CT molecular complexity index is 334. The average Bonchev–Trinajstić information content (AvgIpc) is 2.82. The normalized spacial score (nSPS) is 22.1. The number of nitrogens with zero attached hydrogens (tertiary/aromatic N) is 1. The summed E-state index contributed by atoms with van der Waals surface area (Å²) < 4.78 is 5.40. The molecular formula is C14H27N3O3. The molecule has 0 aromatic carbocycles. The average molecular weight is 285 g/mol. The van der Waals surface area contributed by atoms with Gasteiger partial charge in [0.1, 0.15) is 0 Å². The van der Waals surface area contributed by atoms with Crippen molar-refractivity contribution >= 4 is 11.8 Å². The molecule has 1 aliphatic heterocycles. The standard InChI is InChI=1S/C14H27N3O3/c1-5-6-15-12-9-20-8-11(12)14(19)17(4)7-13(18)16-10(2)3/h10-12,15H,5-9H2,1-4H3,(H,16,18). The van der Waals surface area contributed by atoms with E-state index in [1.54, 1.807) is 7.05 Å². The molecule has 2 N–H and O–H groups in total. The fourth-order valence-electron chi connectivity index (χ4n) is 2.27. The van der Waals surface area contributed by atoms with Crippen molar-refractivity contribution in [3.63, 3.8) is 0 Å². The van der Waals surface area contributed by atoms with Crippen LogP contribution in [0.1, 0.15) is 27.2 Å². The molecule has 2 unspecified atom stereocenters. The van der Waals surface area contributed by atoms with Gasteiger partial charge in [-0.1, -0.05) is 6.92 Å². The first-order valence-corrected chi connectivity index (χ1v) is 7.31. The fourth-order valence-corrected chi connectivity index (χ4v) is 2.27. The monoisotopic (exact) mass is 285 g/mol. The number of carbonyl (C=O) groups is 2. The zero-order chi connectivity index (χ0) is 15.1. The molecule has 0 aliphatic carbocycles. The molecule has 0 saturated carbocycles. The predicted octanol–water partition coefficient (Wildman–Crippen LogP) is -0.0160. The molecular weight excluding hydrogens is 258 g/mol. The number of hydrogen-bond donors (Lipinski definition) is 2. The summed E-state index contributed by atoms with van der Waals surface area (Å²) in [5, 5.41) is 6.11. The minimum atomic E-state index is -0.196. The van der Waals surface area contributed by atoms with Crippen LogP contribution in [0.5, 0.6) is 0 Å². The molecule has 20 heavy (non-hydrogen) atoms. The van der Waals surface area contributed by atoms with Gasteiger partial charge in [-0.25, -0.2) is 0 Å². The summed E-state index contributed by atoms with van der Waals surface area (Å²) in [6.45, 7) is 7.83. The van der Waals surface area contributed by atoms with E-state index >= 15 is 0 Å². The van der Waals surface area contributed by atoms with Crippen molar-refractivity contribution in [3.05, 3.63) is 0 Å². The maximum Gasteiger partial charge on any atom is 0.239 e. The van der Waals surface area contributed by atoms with E-state index in [2.05, 4.69) is 17.6 Å². The number of likely N-dealkylation sites (N-methyl/N-ethyl adjacent to an activating group) is 1. The van der Waals surface area contributed by atoms with Crippen LogP contribution in [0.15, 0.2) is 0 Å². The number of rotatable bonds is 7. The summed E-state index contributed by atoms with van der Waals surface area (Å²) in [4.78, 5) is 25.5. The maximum atomic E-state index is 12.4. The zero-order valence-corrected chi connectivity index (χ0v) is 12.9. The summed E-state index contributed by atoms with van der Waals surface area (Å²) in [7, 11) is 1.66. The highest BCUT2D eigenvalue weighted by molar-refractivity contribution is 5.86.